The van der Waals surface area contributed by atoms with E-state index in [1.165, 1.54) is 5.57 Å². The minimum atomic E-state index is -0.811. The Hall–Kier alpha value is -2.48. The number of phenols is 1. The summed E-state index contributed by atoms with van der Waals surface area (Å²) in [6.07, 6.45) is 6.97. The van der Waals surface area contributed by atoms with Crippen molar-refractivity contribution in [3.8, 4) is 11.5 Å². The van der Waals surface area contributed by atoms with Crippen LogP contribution in [0.2, 0.25) is 0 Å². The molecule has 162 valence electrons. The molecular formula is C23H31N2O5+. The van der Waals surface area contributed by atoms with Crippen molar-refractivity contribution in [2.45, 2.75) is 57.7 Å². The van der Waals surface area contributed by atoms with Crippen molar-refractivity contribution in [1.29, 1.82) is 0 Å². The van der Waals surface area contributed by atoms with Crippen LogP contribution in [0.1, 0.15) is 44.6 Å². The zero-order valence-corrected chi connectivity index (χ0v) is 17.4. The maximum atomic E-state index is 12.2. The molecule has 2 aliphatic rings. The van der Waals surface area contributed by atoms with E-state index >= 15 is 0 Å². The first kappa shape index (κ1) is 22.2. The average molecular weight is 416 g/mol. The number of allylic oxidation sites excluding steroid dienone is 1. The molecule has 0 saturated heterocycles. The molecule has 0 radical (unpaired) electrons. The van der Waals surface area contributed by atoms with Gasteiger partial charge in [-0.1, -0.05) is 19.4 Å². The fraction of sp³-hybridized carbons (Fsp3) is 0.478. The van der Waals surface area contributed by atoms with Crippen LogP contribution in [0.15, 0.2) is 46.7 Å². The van der Waals surface area contributed by atoms with Crippen molar-refractivity contribution in [1.82, 2.24) is 0 Å². The van der Waals surface area contributed by atoms with Gasteiger partial charge in [-0.15, -0.1) is 0 Å². The van der Waals surface area contributed by atoms with Gasteiger partial charge >= 0.3 is 0 Å². The van der Waals surface area contributed by atoms with Crippen LogP contribution in [0.4, 0.5) is 0 Å². The highest BCUT2D eigenvalue weighted by atomic mass is 16.5. The molecule has 0 fully saturated rings. The van der Waals surface area contributed by atoms with Crippen molar-refractivity contribution in [3.05, 3.63) is 47.3 Å². The van der Waals surface area contributed by atoms with Gasteiger partial charge in [0.25, 0.3) is 0 Å². The van der Waals surface area contributed by atoms with Crippen LogP contribution in [0.5, 0.6) is 11.5 Å². The van der Waals surface area contributed by atoms with E-state index < -0.39 is 12.2 Å². The number of nitrogens with one attached hydrogen (secondary N) is 1. The largest absolute Gasteiger partial charge is 0.504 e. The summed E-state index contributed by atoms with van der Waals surface area (Å²) < 4.78 is 5.80. The second kappa shape index (κ2) is 10.5. The number of carbonyl (C=O) groups excluding carboxylic acids is 1. The van der Waals surface area contributed by atoms with Crippen LogP contribution in [-0.2, 0) is 11.2 Å². The van der Waals surface area contributed by atoms with Crippen molar-refractivity contribution in [2.75, 3.05) is 13.3 Å². The summed E-state index contributed by atoms with van der Waals surface area (Å²) in [5, 5.41) is 29.8. The van der Waals surface area contributed by atoms with Gasteiger partial charge in [-0.2, -0.15) is 0 Å². The molecule has 2 heterocycles. The van der Waals surface area contributed by atoms with Crippen LogP contribution < -0.4 is 9.64 Å². The summed E-state index contributed by atoms with van der Waals surface area (Å²) in [6.45, 7) is 3.15. The molecule has 7 nitrogen and oxygen atoms in total. The Morgan fingerprint density at radius 1 is 1.30 bits per heavy atom. The molecule has 3 rings (SSSR count). The van der Waals surface area contributed by atoms with Gasteiger partial charge in [0.05, 0.1) is 12.2 Å². The van der Waals surface area contributed by atoms with Crippen molar-refractivity contribution >= 4 is 12.0 Å². The summed E-state index contributed by atoms with van der Waals surface area (Å²) in [5.74, 6) is 0.410. The van der Waals surface area contributed by atoms with Crippen molar-refractivity contribution in [3.63, 3.8) is 0 Å². The third-order valence-corrected chi connectivity index (χ3v) is 5.34. The van der Waals surface area contributed by atoms with E-state index in [1.807, 2.05) is 19.2 Å². The molecular weight excluding hydrogens is 384 g/mol. The van der Waals surface area contributed by atoms with Gasteiger partial charge in [-0.25, -0.2) is 0 Å². The van der Waals surface area contributed by atoms with Crippen LogP contribution >= 0.6 is 0 Å². The molecule has 0 amide bonds. The van der Waals surface area contributed by atoms with E-state index in [1.54, 1.807) is 24.4 Å². The molecule has 30 heavy (non-hydrogen) atoms. The number of ketones is 1. The van der Waals surface area contributed by atoms with E-state index in [0.717, 1.165) is 29.1 Å². The highest BCUT2D eigenvalue weighted by Crippen LogP contribution is 2.27. The van der Waals surface area contributed by atoms with E-state index in [2.05, 4.69) is 4.99 Å². The number of quaternary nitrogens is 1. The summed E-state index contributed by atoms with van der Waals surface area (Å²) >= 11 is 0. The zero-order chi connectivity index (χ0) is 21.5. The molecule has 7 heteroatoms. The fourth-order valence-electron chi connectivity index (χ4n) is 3.73. The fourth-order valence-corrected chi connectivity index (χ4v) is 3.73. The highest BCUT2D eigenvalue weighted by Gasteiger charge is 2.25. The molecule has 3 unspecified atom stereocenters. The van der Waals surface area contributed by atoms with Gasteiger partial charge in [-0.05, 0) is 43.0 Å². The molecule has 4 N–H and O–H groups in total. The van der Waals surface area contributed by atoms with Crippen molar-refractivity contribution in [2.24, 2.45) is 4.99 Å². The number of Topliss-reactive ketones (excluding diaryl/α,β-unsaturated/α-hetero) is 1. The van der Waals surface area contributed by atoms with Gasteiger partial charge in [0.2, 0.25) is 6.73 Å². The number of aromatic hydroxyl groups is 1. The Balaban J connectivity index is 1.45. The first-order chi connectivity index (χ1) is 14.4. The van der Waals surface area contributed by atoms with Gasteiger partial charge in [0, 0.05) is 24.6 Å². The minimum absolute atomic E-state index is 0.0461. The summed E-state index contributed by atoms with van der Waals surface area (Å²) in [5.41, 5.74) is 3.06. The Labute approximate surface area is 177 Å². The zero-order valence-electron chi connectivity index (χ0n) is 17.4. The number of carbonyl (C=O) groups is 1. The third kappa shape index (κ3) is 6.26. The molecule has 0 saturated carbocycles. The SMILES string of the molecule is CCCC(O)CC(O)CC(=O)CCc1ccc(O)c(OC[NH+]2C=C3N=CC=C3C2)c1. The maximum Gasteiger partial charge on any atom is 0.227 e. The first-order valence-electron chi connectivity index (χ1n) is 10.6. The number of phenolic OH excluding ortho intramolecular Hbond substituents is 1. The van der Waals surface area contributed by atoms with E-state index in [9.17, 15) is 20.1 Å². The molecule has 0 aromatic heterocycles. The van der Waals surface area contributed by atoms with E-state index in [4.69, 9.17) is 4.74 Å². The molecule has 3 atom stereocenters. The summed E-state index contributed by atoms with van der Waals surface area (Å²) in [7, 11) is 0. The topological polar surface area (TPSA) is 104 Å². The lowest BCUT2D eigenvalue weighted by molar-refractivity contribution is -0.854. The second-order valence-electron chi connectivity index (χ2n) is 8.00. The Morgan fingerprint density at radius 3 is 2.90 bits per heavy atom. The number of benzene rings is 1. The predicted octanol–water partition coefficient (Wildman–Crippen LogP) is 1.28. The Bertz CT molecular complexity index is 846. The minimum Gasteiger partial charge on any atom is -0.504 e. The lowest BCUT2D eigenvalue weighted by Crippen LogP contribution is -3.07. The van der Waals surface area contributed by atoms with Gasteiger partial charge in [0.15, 0.2) is 11.5 Å². The number of aryl methyl sites for hydroxylation is 1. The Kier molecular flexibility index (Phi) is 7.79. The van der Waals surface area contributed by atoms with Gasteiger partial charge < -0.3 is 20.1 Å². The smallest absolute Gasteiger partial charge is 0.227 e. The normalized spacial score (nSPS) is 19.2. The predicted molar refractivity (Wildman–Crippen MR) is 114 cm³/mol. The molecule has 1 aromatic carbocycles. The van der Waals surface area contributed by atoms with Crippen molar-refractivity contribution < 1.29 is 29.8 Å². The quantitative estimate of drug-likeness (QED) is 0.412. The number of aliphatic imine (C=N–C) groups is 1. The average Bonchev–Trinajstić information content (AvgIpc) is 3.28. The molecule has 0 spiro atoms. The standard InChI is InChI=1S/C23H30N2O5/c1-2-3-18(26)11-20(28)12-19(27)6-4-16-5-7-22(29)23(10-16)30-15-25-13-17-8-9-24-21(17)14-25/h5,7-10,14,18,20,26,28-29H,2-4,6,11-13,15H2,1H3/p+1. The van der Waals surface area contributed by atoms with Crippen LogP contribution in [0.3, 0.4) is 0 Å². The van der Waals surface area contributed by atoms with Crippen LogP contribution in [-0.4, -0.2) is 52.8 Å². The van der Waals surface area contributed by atoms with Gasteiger partial charge in [-0.3, -0.25) is 14.7 Å². The molecule has 1 aromatic rings. The van der Waals surface area contributed by atoms with Crippen LogP contribution in [0.25, 0.3) is 0 Å². The number of fused-ring (bicyclic) bond motifs is 1. The molecule has 0 bridgehead atoms. The lowest BCUT2D eigenvalue weighted by atomic mass is 10.00. The molecule has 2 aliphatic heterocycles. The maximum absolute atomic E-state index is 12.2. The molecule has 0 aliphatic carbocycles. The third-order valence-electron chi connectivity index (χ3n) is 5.34. The highest BCUT2D eigenvalue weighted by molar-refractivity contribution is 5.80. The van der Waals surface area contributed by atoms with E-state index in [-0.39, 0.29) is 24.4 Å². The first-order valence-corrected chi connectivity index (χ1v) is 10.6. The monoisotopic (exact) mass is 415 g/mol. The number of aliphatic hydroxyl groups is 2. The summed E-state index contributed by atoms with van der Waals surface area (Å²) in [6, 6.07) is 5.10. The van der Waals surface area contributed by atoms with E-state index in [0.29, 0.717) is 31.7 Å². The number of nitrogens with zero attached hydrogens (tertiary/aromatic N) is 1. The number of aliphatic hydroxyl groups excluding tert-OH is 2. The number of hydrogen-bond acceptors (Lipinski definition) is 6. The second-order valence-corrected chi connectivity index (χ2v) is 8.00. The summed E-state index contributed by atoms with van der Waals surface area (Å²) in [4.78, 5) is 17.5. The Morgan fingerprint density at radius 2 is 2.13 bits per heavy atom. The number of ether oxygens (including phenoxy) is 1. The number of hydrogen-bond donors (Lipinski definition) is 4. The number of rotatable bonds is 12. The lowest BCUT2D eigenvalue weighted by Gasteiger charge is -2.15. The van der Waals surface area contributed by atoms with Gasteiger partial charge in [0.1, 0.15) is 24.2 Å². The van der Waals surface area contributed by atoms with Crippen LogP contribution in [0, 0.1) is 0 Å².